The molecule has 0 aromatic heterocycles. The Kier molecular flexibility index (Phi) is 6.11. The summed E-state index contributed by atoms with van der Waals surface area (Å²) in [5.41, 5.74) is 12.6. The fourth-order valence-corrected chi connectivity index (χ4v) is 1.77. The van der Waals surface area contributed by atoms with Crippen LogP contribution in [0.3, 0.4) is 0 Å². The van der Waals surface area contributed by atoms with Crippen molar-refractivity contribution in [3.8, 4) is 0 Å². The van der Waals surface area contributed by atoms with Crippen molar-refractivity contribution in [2.75, 3.05) is 43.5 Å². The number of hydrogen-bond acceptors (Lipinski definition) is 5. The van der Waals surface area contributed by atoms with E-state index in [4.69, 9.17) is 21.3 Å². The molecule has 6 heteroatoms. The molecule has 0 saturated carbocycles. The van der Waals surface area contributed by atoms with Crippen LogP contribution in [0.5, 0.6) is 0 Å². The Morgan fingerprint density at radius 1 is 1.42 bits per heavy atom. The van der Waals surface area contributed by atoms with E-state index in [0.29, 0.717) is 31.0 Å². The highest BCUT2D eigenvalue weighted by atomic mass is 16.5. The lowest BCUT2D eigenvalue weighted by Gasteiger charge is -2.23. The number of anilines is 2. The monoisotopic (exact) mass is 267 g/mol. The third-order valence-electron chi connectivity index (χ3n) is 2.79. The van der Waals surface area contributed by atoms with Crippen molar-refractivity contribution in [1.29, 1.82) is 0 Å². The van der Waals surface area contributed by atoms with E-state index in [1.807, 2.05) is 17.9 Å². The van der Waals surface area contributed by atoms with Crippen LogP contribution in [0.25, 0.3) is 0 Å². The van der Waals surface area contributed by atoms with Crippen LogP contribution in [0.2, 0.25) is 0 Å². The maximum Gasteiger partial charge on any atom is 0.250 e. The van der Waals surface area contributed by atoms with Crippen molar-refractivity contribution < 1.29 is 14.6 Å². The molecule has 0 saturated heterocycles. The van der Waals surface area contributed by atoms with Gasteiger partial charge in [0.25, 0.3) is 5.91 Å². The van der Waals surface area contributed by atoms with E-state index in [9.17, 15) is 4.79 Å². The van der Waals surface area contributed by atoms with E-state index in [2.05, 4.69) is 0 Å². The molecule has 6 nitrogen and oxygen atoms in total. The number of likely N-dealkylation sites (N-methyl/N-ethyl adjacent to an activating group) is 1. The molecule has 1 rings (SSSR count). The molecule has 1 amide bonds. The highest BCUT2D eigenvalue weighted by Crippen LogP contribution is 2.20. The average molecular weight is 267 g/mol. The van der Waals surface area contributed by atoms with Gasteiger partial charge in [-0.15, -0.1) is 0 Å². The van der Waals surface area contributed by atoms with E-state index in [1.54, 1.807) is 12.1 Å². The lowest BCUT2D eigenvalue weighted by molar-refractivity contribution is 0.0967. The fourth-order valence-electron chi connectivity index (χ4n) is 1.77. The number of aliphatic hydroxyl groups is 1. The number of nitrogen functional groups attached to an aromatic ring is 1. The zero-order valence-electron chi connectivity index (χ0n) is 11.1. The van der Waals surface area contributed by atoms with Gasteiger partial charge in [0.2, 0.25) is 0 Å². The van der Waals surface area contributed by atoms with E-state index in [1.165, 1.54) is 0 Å². The first-order chi connectivity index (χ1) is 9.10. The standard InChI is InChI=1S/C13H21N3O3/c1-2-16(5-7-19-8-6-17)10-3-4-12(14)11(9-10)13(15)18/h3-4,9,17H,2,5-8,14H2,1H3,(H2,15,18). The topological polar surface area (TPSA) is 102 Å². The summed E-state index contributed by atoms with van der Waals surface area (Å²) in [6.07, 6.45) is 0. The number of aliphatic hydroxyl groups excluding tert-OH is 1. The van der Waals surface area contributed by atoms with Crippen LogP contribution in [0.15, 0.2) is 18.2 Å². The number of benzene rings is 1. The van der Waals surface area contributed by atoms with Crippen molar-refractivity contribution in [3.05, 3.63) is 23.8 Å². The molecular formula is C13H21N3O3. The third-order valence-corrected chi connectivity index (χ3v) is 2.79. The Balaban J connectivity index is 2.75. The Morgan fingerprint density at radius 3 is 2.74 bits per heavy atom. The molecule has 0 aliphatic rings. The normalized spacial score (nSPS) is 10.4. The van der Waals surface area contributed by atoms with E-state index in [-0.39, 0.29) is 6.61 Å². The van der Waals surface area contributed by atoms with Crippen LogP contribution < -0.4 is 16.4 Å². The quantitative estimate of drug-likeness (QED) is 0.461. The number of carbonyl (C=O) groups is 1. The number of nitrogens with two attached hydrogens (primary N) is 2. The molecular weight excluding hydrogens is 246 g/mol. The summed E-state index contributed by atoms with van der Waals surface area (Å²) >= 11 is 0. The van der Waals surface area contributed by atoms with Gasteiger partial charge in [0.15, 0.2) is 0 Å². The second kappa shape index (κ2) is 7.60. The smallest absolute Gasteiger partial charge is 0.250 e. The number of rotatable bonds is 8. The molecule has 0 spiro atoms. The van der Waals surface area contributed by atoms with Gasteiger partial charge in [-0.05, 0) is 25.1 Å². The summed E-state index contributed by atoms with van der Waals surface area (Å²) in [7, 11) is 0. The Hall–Kier alpha value is -1.79. The summed E-state index contributed by atoms with van der Waals surface area (Å²) < 4.78 is 5.23. The molecule has 1 aromatic carbocycles. The van der Waals surface area contributed by atoms with E-state index in [0.717, 1.165) is 12.2 Å². The summed E-state index contributed by atoms with van der Waals surface area (Å²) in [4.78, 5) is 13.3. The largest absolute Gasteiger partial charge is 0.398 e. The summed E-state index contributed by atoms with van der Waals surface area (Å²) in [6, 6.07) is 5.21. The Morgan fingerprint density at radius 2 is 2.16 bits per heavy atom. The summed E-state index contributed by atoms with van der Waals surface area (Å²) in [5, 5.41) is 8.63. The second-order valence-corrected chi connectivity index (χ2v) is 4.05. The van der Waals surface area contributed by atoms with Crippen molar-refractivity contribution >= 4 is 17.3 Å². The van der Waals surface area contributed by atoms with Crippen LogP contribution in [-0.2, 0) is 4.74 Å². The molecule has 0 unspecified atom stereocenters. The molecule has 0 aliphatic carbocycles. The average Bonchev–Trinajstić information content (AvgIpc) is 2.40. The second-order valence-electron chi connectivity index (χ2n) is 4.05. The van der Waals surface area contributed by atoms with Gasteiger partial charge >= 0.3 is 0 Å². The molecule has 106 valence electrons. The van der Waals surface area contributed by atoms with Gasteiger partial charge in [-0.2, -0.15) is 0 Å². The number of amides is 1. The maximum atomic E-state index is 11.3. The first-order valence-electron chi connectivity index (χ1n) is 6.23. The van der Waals surface area contributed by atoms with Crippen LogP contribution in [-0.4, -0.2) is 43.9 Å². The van der Waals surface area contributed by atoms with Gasteiger partial charge in [0.05, 0.1) is 25.4 Å². The lowest BCUT2D eigenvalue weighted by atomic mass is 10.1. The van der Waals surface area contributed by atoms with Crippen molar-refractivity contribution in [2.24, 2.45) is 5.73 Å². The predicted octanol–water partition coefficient (Wildman–Crippen LogP) is 0.203. The van der Waals surface area contributed by atoms with Gasteiger partial charge in [0, 0.05) is 24.5 Å². The van der Waals surface area contributed by atoms with Gasteiger partial charge in [-0.25, -0.2) is 0 Å². The third kappa shape index (κ3) is 4.42. The molecule has 0 atom stereocenters. The number of ether oxygens (including phenoxy) is 1. The van der Waals surface area contributed by atoms with E-state index >= 15 is 0 Å². The van der Waals surface area contributed by atoms with Crippen LogP contribution in [0.4, 0.5) is 11.4 Å². The number of primary amides is 1. The molecule has 19 heavy (non-hydrogen) atoms. The van der Waals surface area contributed by atoms with Crippen molar-refractivity contribution in [3.63, 3.8) is 0 Å². The molecule has 5 N–H and O–H groups in total. The Labute approximate surface area is 112 Å². The minimum absolute atomic E-state index is 0.0137. The van der Waals surface area contributed by atoms with Crippen molar-refractivity contribution in [2.45, 2.75) is 6.92 Å². The highest BCUT2D eigenvalue weighted by Gasteiger charge is 2.10. The van der Waals surface area contributed by atoms with Crippen LogP contribution in [0, 0.1) is 0 Å². The van der Waals surface area contributed by atoms with E-state index < -0.39 is 5.91 Å². The molecule has 0 heterocycles. The summed E-state index contributed by atoms with van der Waals surface area (Å²) in [5.74, 6) is -0.535. The van der Waals surface area contributed by atoms with Gasteiger partial charge in [-0.3, -0.25) is 4.79 Å². The number of hydrogen-bond donors (Lipinski definition) is 3. The molecule has 0 bridgehead atoms. The first kappa shape index (κ1) is 15.3. The molecule has 0 aliphatic heterocycles. The van der Waals surface area contributed by atoms with Crippen LogP contribution in [0.1, 0.15) is 17.3 Å². The molecule has 1 aromatic rings. The minimum atomic E-state index is -0.535. The summed E-state index contributed by atoms with van der Waals surface area (Å²) in [6.45, 7) is 4.28. The zero-order valence-corrected chi connectivity index (χ0v) is 11.1. The zero-order chi connectivity index (χ0) is 14.3. The van der Waals surface area contributed by atoms with Crippen molar-refractivity contribution in [1.82, 2.24) is 0 Å². The lowest BCUT2D eigenvalue weighted by Crippen LogP contribution is -2.28. The fraction of sp³-hybridized carbons (Fsp3) is 0.462. The SMILES string of the molecule is CCN(CCOCCO)c1ccc(N)c(C(N)=O)c1. The maximum absolute atomic E-state index is 11.3. The van der Waals surface area contributed by atoms with Gasteiger partial charge in [-0.1, -0.05) is 0 Å². The number of nitrogens with zero attached hydrogens (tertiary/aromatic N) is 1. The highest BCUT2D eigenvalue weighted by molar-refractivity contribution is 5.99. The minimum Gasteiger partial charge on any atom is -0.398 e. The molecule has 0 fully saturated rings. The van der Waals surface area contributed by atoms with Crippen LogP contribution >= 0.6 is 0 Å². The number of carbonyl (C=O) groups excluding carboxylic acids is 1. The van der Waals surface area contributed by atoms with Gasteiger partial charge in [0.1, 0.15) is 0 Å². The molecule has 0 radical (unpaired) electrons. The predicted molar refractivity (Wildman–Crippen MR) is 75.2 cm³/mol. The Bertz CT molecular complexity index is 424. The first-order valence-corrected chi connectivity index (χ1v) is 6.23. The van der Waals surface area contributed by atoms with Gasteiger partial charge < -0.3 is 26.2 Å².